The van der Waals surface area contributed by atoms with Crippen LogP contribution in [0.15, 0.2) is 0 Å². The zero-order chi connectivity index (χ0) is 11.4. The second-order valence-corrected chi connectivity index (χ2v) is 4.08. The topological polar surface area (TPSA) is 18.5 Å². The van der Waals surface area contributed by atoms with Gasteiger partial charge in [-0.1, -0.05) is 46.0 Å². The Morgan fingerprint density at radius 3 is 2.33 bits per heavy atom. The number of hydrogen-bond donors (Lipinski definition) is 0. The Morgan fingerprint density at radius 1 is 0.933 bits per heavy atom. The van der Waals surface area contributed by atoms with Crippen LogP contribution in [0.1, 0.15) is 59.3 Å². The minimum Gasteiger partial charge on any atom is -0.356 e. The van der Waals surface area contributed by atoms with Crippen LogP contribution < -0.4 is 0 Å². The molecule has 1 atom stereocenters. The molecule has 0 heterocycles. The minimum absolute atomic E-state index is 0.461. The highest BCUT2D eigenvalue weighted by Crippen LogP contribution is 2.17. The van der Waals surface area contributed by atoms with Gasteiger partial charge in [0.05, 0.1) is 0 Å². The molecule has 0 fully saturated rings. The van der Waals surface area contributed by atoms with Gasteiger partial charge in [-0.2, -0.15) is 0 Å². The van der Waals surface area contributed by atoms with Crippen molar-refractivity contribution in [2.24, 2.45) is 5.92 Å². The summed E-state index contributed by atoms with van der Waals surface area (Å²) >= 11 is 0. The van der Waals surface area contributed by atoms with Gasteiger partial charge < -0.3 is 9.47 Å². The first-order valence-corrected chi connectivity index (χ1v) is 6.50. The molecule has 2 nitrogen and oxygen atoms in total. The van der Waals surface area contributed by atoms with Crippen LogP contribution in [-0.4, -0.2) is 20.0 Å². The molecule has 0 aromatic rings. The summed E-state index contributed by atoms with van der Waals surface area (Å²) in [5.74, 6) is 0.932. The molecule has 2 heteroatoms. The van der Waals surface area contributed by atoms with E-state index in [2.05, 4.69) is 13.8 Å². The van der Waals surface area contributed by atoms with Crippen LogP contribution in [0.4, 0.5) is 0 Å². The average Bonchev–Trinajstić information content (AvgIpc) is 2.26. The van der Waals surface area contributed by atoms with Crippen molar-refractivity contribution in [2.75, 3.05) is 20.0 Å². The summed E-state index contributed by atoms with van der Waals surface area (Å²) in [5, 5.41) is 0. The van der Waals surface area contributed by atoms with Crippen molar-refractivity contribution in [1.82, 2.24) is 0 Å². The van der Waals surface area contributed by atoms with Crippen molar-refractivity contribution >= 4 is 0 Å². The van der Waals surface area contributed by atoms with Gasteiger partial charge in [0, 0.05) is 13.2 Å². The van der Waals surface area contributed by atoms with E-state index >= 15 is 0 Å². The number of ether oxygens (including phenoxy) is 2. The molecule has 92 valence electrons. The molecule has 15 heavy (non-hydrogen) atoms. The van der Waals surface area contributed by atoms with E-state index in [1.54, 1.807) is 0 Å². The number of unbranched alkanes of at least 4 members (excludes halogenated alkanes) is 1. The Kier molecular flexibility index (Phi) is 11.9. The molecule has 0 spiro atoms. The van der Waals surface area contributed by atoms with Crippen LogP contribution in [0.2, 0.25) is 0 Å². The fourth-order valence-corrected chi connectivity index (χ4v) is 1.80. The SMILES string of the molecule is CCCC(CC)CCCCOCOCC. The van der Waals surface area contributed by atoms with Gasteiger partial charge in [-0.25, -0.2) is 0 Å². The molecule has 0 saturated heterocycles. The summed E-state index contributed by atoms with van der Waals surface area (Å²) in [4.78, 5) is 0. The third kappa shape index (κ3) is 10.2. The monoisotopic (exact) mass is 216 g/mol. The lowest BCUT2D eigenvalue weighted by molar-refractivity contribution is -0.0503. The second kappa shape index (κ2) is 12.0. The molecule has 0 aliphatic heterocycles. The number of hydrogen-bond acceptors (Lipinski definition) is 2. The maximum atomic E-state index is 5.33. The van der Waals surface area contributed by atoms with Gasteiger partial charge in [-0.05, 0) is 19.3 Å². The van der Waals surface area contributed by atoms with Crippen LogP contribution in [0.3, 0.4) is 0 Å². The molecule has 0 aliphatic carbocycles. The standard InChI is InChI=1S/C13H28O2/c1-4-9-13(5-2)10-7-8-11-15-12-14-6-3/h13H,4-12H2,1-3H3. The smallest absolute Gasteiger partial charge is 0.146 e. The fourth-order valence-electron chi connectivity index (χ4n) is 1.80. The molecule has 0 aliphatic rings. The van der Waals surface area contributed by atoms with E-state index in [1.807, 2.05) is 6.92 Å². The molecule has 0 aromatic carbocycles. The Bertz CT molecular complexity index is 115. The lowest BCUT2D eigenvalue weighted by atomic mass is 9.95. The van der Waals surface area contributed by atoms with Crippen molar-refractivity contribution in [2.45, 2.75) is 59.3 Å². The van der Waals surface area contributed by atoms with E-state index in [1.165, 1.54) is 38.5 Å². The van der Waals surface area contributed by atoms with Gasteiger partial charge in [0.25, 0.3) is 0 Å². The minimum atomic E-state index is 0.461. The lowest BCUT2D eigenvalue weighted by Crippen LogP contribution is -2.03. The third-order valence-electron chi connectivity index (χ3n) is 2.80. The third-order valence-corrected chi connectivity index (χ3v) is 2.80. The van der Waals surface area contributed by atoms with Crippen LogP contribution in [-0.2, 0) is 9.47 Å². The summed E-state index contributed by atoms with van der Waals surface area (Å²) in [5.41, 5.74) is 0. The lowest BCUT2D eigenvalue weighted by Gasteiger charge is -2.13. The first kappa shape index (κ1) is 14.9. The Labute approximate surface area is 95.3 Å². The molecule has 0 amide bonds. The predicted molar refractivity (Wildman–Crippen MR) is 65.0 cm³/mol. The summed E-state index contributed by atoms with van der Waals surface area (Å²) in [6.07, 6.45) is 7.86. The molecule has 0 rings (SSSR count). The second-order valence-electron chi connectivity index (χ2n) is 4.08. The predicted octanol–water partition coefficient (Wildman–Crippen LogP) is 3.99. The van der Waals surface area contributed by atoms with E-state index in [0.717, 1.165) is 19.1 Å². The summed E-state index contributed by atoms with van der Waals surface area (Å²) in [6.45, 7) is 8.61. The highest BCUT2D eigenvalue weighted by Gasteiger charge is 2.03. The van der Waals surface area contributed by atoms with Crippen molar-refractivity contribution in [3.05, 3.63) is 0 Å². The molecule has 0 saturated carbocycles. The molecule has 0 radical (unpaired) electrons. The molecule has 0 aromatic heterocycles. The van der Waals surface area contributed by atoms with Crippen molar-refractivity contribution in [3.63, 3.8) is 0 Å². The summed E-state index contributed by atoms with van der Waals surface area (Å²) in [7, 11) is 0. The van der Waals surface area contributed by atoms with Gasteiger partial charge >= 0.3 is 0 Å². The first-order chi connectivity index (χ1) is 7.35. The van der Waals surface area contributed by atoms with E-state index in [4.69, 9.17) is 9.47 Å². The van der Waals surface area contributed by atoms with Crippen LogP contribution in [0.5, 0.6) is 0 Å². The fraction of sp³-hybridized carbons (Fsp3) is 1.00. The Morgan fingerprint density at radius 2 is 1.73 bits per heavy atom. The van der Waals surface area contributed by atoms with E-state index < -0.39 is 0 Å². The normalized spacial score (nSPS) is 13.0. The van der Waals surface area contributed by atoms with Crippen molar-refractivity contribution in [1.29, 1.82) is 0 Å². The quantitative estimate of drug-likeness (QED) is 0.384. The zero-order valence-corrected chi connectivity index (χ0v) is 10.8. The maximum Gasteiger partial charge on any atom is 0.146 e. The van der Waals surface area contributed by atoms with E-state index in [9.17, 15) is 0 Å². The first-order valence-electron chi connectivity index (χ1n) is 6.50. The van der Waals surface area contributed by atoms with E-state index in [-0.39, 0.29) is 0 Å². The van der Waals surface area contributed by atoms with Gasteiger partial charge in [0.2, 0.25) is 0 Å². The van der Waals surface area contributed by atoms with Gasteiger partial charge in [-0.15, -0.1) is 0 Å². The maximum absolute atomic E-state index is 5.33. The molecular weight excluding hydrogens is 188 g/mol. The molecule has 1 unspecified atom stereocenters. The molecular formula is C13H28O2. The van der Waals surface area contributed by atoms with Gasteiger partial charge in [0.1, 0.15) is 6.79 Å². The highest BCUT2D eigenvalue weighted by molar-refractivity contribution is 4.56. The number of rotatable bonds is 11. The summed E-state index contributed by atoms with van der Waals surface area (Å²) in [6, 6.07) is 0. The highest BCUT2D eigenvalue weighted by atomic mass is 16.7. The Hall–Kier alpha value is -0.0800. The molecule has 0 N–H and O–H groups in total. The summed E-state index contributed by atoms with van der Waals surface area (Å²) < 4.78 is 10.4. The van der Waals surface area contributed by atoms with Crippen molar-refractivity contribution < 1.29 is 9.47 Å². The zero-order valence-electron chi connectivity index (χ0n) is 10.8. The van der Waals surface area contributed by atoms with Crippen LogP contribution in [0.25, 0.3) is 0 Å². The largest absolute Gasteiger partial charge is 0.356 e. The average molecular weight is 216 g/mol. The van der Waals surface area contributed by atoms with Crippen LogP contribution >= 0.6 is 0 Å². The van der Waals surface area contributed by atoms with Gasteiger partial charge in [0.15, 0.2) is 0 Å². The van der Waals surface area contributed by atoms with Crippen LogP contribution in [0, 0.1) is 5.92 Å². The molecule has 0 bridgehead atoms. The van der Waals surface area contributed by atoms with Crippen molar-refractivity contribution in [3.8, 4) is 0 Å². The van der Waals surface area contributed by atoms with Gasteiger partial charge in [-0.3, -0.25) is 0 Å². The van der Waals surface area contributed by atoms with E-state index in [0.29, 0.717) is 6.79 Å². The Balaban J connectivity index is 3.14.